The van der Waals surface area contributed by atoms with E-state index < -0.39 is 0 Å². The van der Waals surface area contributed by atoms with Crippen LogP contribution in [0.4, 0.5) is 5.69 Å². The lowest BCUT2D eigenvalue weighted by Gasteiger charge is -2.10. The molecule has 0 bridgehead atoms. The summed E-state index contributed by atoms with van der Waals surface area (Å²) in [6.07, 6.45) is 1.47. The minimum absolute atomic E-state index is 0.255. The number of hydrogen-bond acceptors (Lipinski definition) is 6. The highest BCUT2D eigenvalue weighted by molar-refractivity contribution is 7.99. The van der Waals surface area contributed by atoms with Gasteiger partial charge in [0.15, 0.2) is 11.6 Å². The van der Waals surface area contributed by atoms with Gasteiger partial charge in [0, 0.05) is 16.2 Å². The Morgan fingerprint density at radius 1 is 1.00 bits per heavy atom. The van der Waals surface area contributed by atoms with E-state index in [2.05, 4.69) is 20.4 Å². The van der Waals surface area contributed by atoms with E-state index in [9.17, 15) is 4.79 Å². The largest absolute Gasteiger partial charge is 0.459 e. The van der Waals surface area contributed by atoms with Crippen LogP contribution < -0.4 is 5.32 Å². The number of furan rings is 1. The molecule has 0 aliphatic carbocycles. The molecule has 0 radical (unpaired) electrons. The van der Waals surface area contributed by atoms with E-state index in [0.717, 1.165) is 21.2 Å². The molecule has 0 saturated carbocycles. The summed E-state index contributed by atoms with van der Waals surface area (Å²) in [6, 6.07) is 22.6. The van der Waals surface area contributed by atoms with Crippen molar-refractivity contribution >= 4 is 29.1 Å². The second kappa shape index (κ2) is 8.08. The molecule has 5 rings (SSSR count). The van der Waals surface area contributed by atoms with Gasteiger partial charge >= 0.3 is 0 Å². The van der Waals surface area contributed by atoms with Crippen LogP contribution in [-0.2, 0) is 0 Å². The maximum absolute atomic E-state index is 12.5. The first kappa shape index (κ1) is 19.1. The van der Waals surface area contributed by atoms with E-state index >= 15 is 0 Å². The lowest BCUT2D eigenvalue weighted by Crippen LogP contribution is -2.11. The molecule has 1 amide bonds. The zero-order valence-electron chi connectivity index (χ0n) is 16.5. The highest BCUT2D eigenvalue weighted by Crippen LogP contribution is 2.34. The Morgan fingerprint density at radius 2 is 1.81 bits per heavy atom. The van der Waals surface area contributed by atoms with Crippen molar-refractivity contribution < 1.29 is 9.21 Å². The summed E-state index contributed by atoms with van der Waals surface area (Å²) >= 11 is 1.48. The number of carbonyl (C=O) groups is 1. The molecule has 0 spiro atoms. The molecule has 0 fully saturated rings. The fourth-order valence-electron chi connectivity index (χ4n) is 3.10. The molecule has 152 valence electrons. The number of fused-ring (bicyclic) bond motifs is 1. The Labute approximate surface area is 182 Å². The molecule has 3 aromatic heterocycles. The molecule has 8 heteroatoms. The van der Waals surface area contributed by atoms with Crippen LogP contribution in [0.1, 0.15) is 16.2 Å². The number of carbonyl (C=O) groups excluding carboxylic acids is 1. The van der Waals surface area contributed by atoms with Crippen molar-refractivity contribution in [2.24, 2.45) is 0 Å². The molecular weight excluding hydrogens is 410 g/mol. The van der Waals surface area contributed by atoms with E-state index in [4.69, 9.17) is 4.42 Å². The second-order valence-corrected chi connectivity index (χ2v) is 7.84. The number of para-hydroxylation sites is 1. The maximum Gasteiger partial charge on any atom is 0.291 e. The van der Waals surface area contributed by atoms with Crippen LogP contribution in [0.15, 0.2) is 93.4 Å². The number of nitrogens with zero attached hydrogens (tertiary/aromatic N) is 4. The smallest absolute Gasteiger partial charge is 0.291 e. The molecule has 7 nitrogen and oxygen atoms in total. The number of nitrogens with one attached hydrogen (secondary N) is 1. The molecule has 3 heterocycles. The molecule has 0 atom stereocenters. The van der Waals surface area contributed by atoms with Gasteiger partial charge in [0.2, 0.25) is 0 Å². The zero-order valence-corrected chi connectivity index (χ0v) is 17.3. The van der Waals surface area contributed by atoms with Crippen molar-refractivity contribution in [3.63, 3.8) is 0 Å². The summed E-state index contributed by atoms with van der Waals surface area (Å²) in [4.78, 5) is 22.4. The SMILES string of the molecule is Cc1cc(Sc2ccccc2NC(=O)c2ccco2)n2nc(-c3ccccc3)nc2n1. The standard InChI is InChI=1S/C23H17N5O2S/c1-15-14-20(28-23(24-15)26-21(27-28)16-8-3-2-4-9-16)31-19-12-6-5-10-17(19)25-22(29)18-11-7-13-30-18/h2-14H,1H3,(H,25,29). The zero-order chi connectivity index (χ0) is 21.2. The molecule has 0 aliphatic rings. The minimum Gasteiger partial charge on any atom is -0.459 e. The van der Waals surface area contributed by atoms with Gasteiger partial charge in [-0.1, -0.05) is 54.2 Å². The molecular formula is C23H17N5O2S. The van der Waals surface area contributed by atoms with Gasteiger partial charge in [-0.25, -0.2) is 4.98 Å². The van der Waals surface area contributed by atoms with Crippen LogP contribution in [0.25, 0.3) is 17.2 Å². The number of aromatic nitrogens is 4. The van der Waals surface area contributed by atoms with Crippen LogP contribution >= 0.6 is 11.8 Å². The Bertz CT molecular complexity index is 1360. The number of rotatable bonds is 5. The Balaban J connectivity index is 1.51. The summed E-state index contributed by atoms with van der Waals surface area (Å²) in [6.45, 7) is 1.92. The molecule has 5 aromatic rings. The third-order valence-electron chi connectivity index (χ3n) is 4.53. The normalized spacial score (nSPS) is 11.0. The van der Waals surface area contributed by atoms with Crippen molar-refractivity contribution in [3.05, 3.63) is 90.5 Å². The minimum atomic E-state index is -0.304. The average molecular weight is 427 g/mol. The topological polar surface area (TPSA) is 85.3 Å². The summed E-state index contributed by atoms with van der Waals surface area (Å²) in [7, 11) is 0. The lowest BCUT2D eigenvalue weighted by atomic mass is 10.2. The van der Waals surface area contributed by atoms with Gasteiger partial charge in [-0.2, -0.15) is 9.50 Å². The first-order valence-corrected chi connectivity index (χ1v) is 10.4. The van der Waals surface area contributed by atoms with Gasteiger partial charge in [-0.05, 0) is 37.3 Å². The van der Waals surface area contributed by atoms with E-state index in [-0.39, 0.29) is 11.7 Å². The predicted octanol–water partition coefficient (Wildman–Crippen LogP) is 5.10. The van der Waals surface area contributed by atoms with Crippen molar-refractivity contribution in [2.45, 2.75) is 16.8 Å². The third kappa shape index (κ3) is 3.93. The monoisotopic (exact) mass is 427 g/mol. The first-order chi connectivity index (χ1) is 15.2. The fourth-order valence-corrected chi connectivity index (χ4v) is 4.14. The quantitative estimate of drug-likeness (QED) is 0.393. The van der Waals surface area contributed by atoms with E-state index in [0.29, 0.717) is 17.3 Å². The number of aryl methyl sites for hydroxylation is 1. The van der Waals surface area contributed by atoms with Crippen LogP contribution in [0.3, 0.4) is 0 Å². The highest BCUT2D eigenvalue weighted by Gasteiger charge is 2.16. The Morgan fingerprint density at radius 3 is 2.61 bits per heavy atom. The molecule has 1 N–H and O–H groups in total. The van der Waals surface area contributed by atoms with Gasteiger partial charge in [0.05, 0.1) is 12.0 Å². The van der Waals surface area contributed by atoms with Crippen LogP contribution in [0.2, 0.25) is 0 Å². The Hall–Kier alpha value is -3.91. The summed E-state index contributed by atoms with van der Waals surface area (Å²) in [5, 5.41) is 8.43. The predicted molar refractivity (Wildman–Crippen MR) is 118 cm³/mol. The molecule has 31 heavy (non-hydrogen) atoms. The second-order valence-electron chi connectivity index (χ2n) is 6.78. The van der Waals surface area contributed by atoms with Crippen molar-refractivity contribution in [2.75, 3.05) is 5.32 Å². The molecule has 0 saturated heterocycles. The number of amides is 1. The summed E-state index contributed by atoms with van der Waals surface area (Å²) in [5.41, 5.74) is 2.44. The van der Waals surface area contributed by atoms with Crippen molar-refractivity contribution in [1.29, 1.82) is 0 Å². The van der Waals surface area contributed by atoms with Crippen LogP contribution in [-0.4, -0.2) is 25.5 Å². The van der Waals surface area contributed by atoms with Crippen LogP contribution in [0.5, 0.6) is 0 Å². The van der Waals surface area contributed by atoms with Gasteiger partial charge in [0.1, 0.15) is 5.03 Å². The number of benzene rings is 2. The molecule has 0 unspecified atom stereocenters. The summed E-state index contributed by atoms with van der Waals surface area (Å²) < 4.78 is 6.92. The summed E-state index contributed by atoms with van der Waals surface area (Å²) in [5.74, 6) is 1.09. The van der Waals surface area contributed by atoms with E-state index in [1.54, 1.807) is 16.6 Å². The first-order valence-electron chi connectivity index (χ1n) is 9.59. The van der Waals surface area contributed by atoms with Crippen LogP contribution in [0, 0.1) is 6.92 Å². The lowest BCUT2D eigenvalue weighted by molar-refractivity contribution is 0.0996. The average Bonchev–Trinajstić information content (AvgIpc) is 3.46. The van der Waals surface area contributed by atoms with Crippen molar-refractivity contribution in [3.8, 4) is 11.4 Å². The molecule has 0 aliphatic heterocycles. The van der Waals surface area contributed by atoms with Gasteiger partial charge in [-0.15, -0.1) is 5.10 Å². The van der Waals surface area contributed by atoms with Gasteiger partial charge in [0.25, 0.3) is 11.7 Å². The number of hydrogen-bond donors (Lipinski definition) is 1. The van der Waals surface area contributed by atoms with Crippen molar-refractivity contribution in [1.82, 2.24) is 19.6 Å². The third-order valence-corrected chi connectivity index (χ3v) is 5.61. The van der Waals surface area contributed by atoms with Gasteiger partial charge in [-0.3, -0.25) is 4.79 Å². The van der Waals surface area contributed by atoms with E-state index in [1.165, 1.54) is 18.0 Å². The maximum atomic E-state index is 12.5. The highest BCUT2D eigenvalue weighted by atomic mass is 32.2. The Kier molecular flexibility index (Phi) is 4.97. The van der Waals surface area contributed by atoms with E-state index in [1.807, 2.05) is 67.6 Å². The van der Waals surface area contributed by atoms with Gasteiger partial charge < -0.3 is 9.73 Å². The molecule has 2 aromatic carbocycles. The number of anilines is 1. The fraction of sp³-hybridized carbons (Fsp3) is 0.0435.